The molecule has 0 radical (unpaired) electrons. The zero-order valence-corrected chi connectivity index (χ0v) is 25.3. The van der Waals surface area contributed by atoms with Crippen LogP contribution >= 0.6 is 0 Å². The second-order valence-corrected chi connectivity index (χ2v) is 10.5. The van der Waals surface area contributed by atoms with Crippen molar-refractivity contribution in [2.75, 3.05) is 9.80 Å². The van der Waals surface area contributed by atoms with Crippen molar-refractivity contribution >= 4 is 33.5 Å². The highest BCUT2D eigenvalue weighted by molar-refractivity contribution is 5.98. The lowest BCUT2D eigenvalue weighted by Crippen LogP contribution is -2.20. The van der Waals surface area contributed by atoms with Gasteiger partial charge in [-0.15, -0.1) is 0 Å². The molecule has 0 aliphatic heterocycles. The summed E-state index contributed by atoms with van der Waals surface area (Å²) in [5, 5.41) is 2.45. The third kappa shape index (κ3) is 6.71. The highest BCUT2D eigenvalue weighted by atomic mass is 15.2. The van der Waals surface area contributed by atoms with E-state index in [0.717, 1.165) is 47.7 Å². The minimum atomic E-state index is 0.947. The molecule has 0 aliphatic rings. The highest BCUT2D eigenvalue weighted by Gasteiger charge is 2.16. The second kappa shape index (κ2) is 14.2. The van der Waals surface area contributed by atoms with Crippen molar-refractivity contribution in [1.29, 1.82) is 0 Å². The maximum Gasteiger partial charge on any atom is 0.0540 e. The first kappa shape index (κ1) is 29.4. The number of hydrogen-bond acceptors (Lipinski definition) is 2. The fraction of sp³-hybridized carbons (Fsp3) is 0.122. The van der Waals surface area contributed by atoms with Crippen LogP contribution in [-0.4, -0.2) is 0 Å². The van der Waals surface area contributed by atoms with E-state index >= 15 is 0 Å². The van der Waals surface area contributed by atoms with Crippen molar-refractivity contribution in [2.45, 2.75) is 33.1 Å². The first-order valence-electron chi connectivity index (χ1n) is 15.1. The van der Waals surface area contributed by atoms with Gasteiger partial charge >= 0.3 is 0 Å². The lowest BCUT2D eigenvalue weighted by atomic mass is 10.0. The van der Waals surface area contributed by atoms with Gasteiger partial charge in [0.2, 0.25) is 0 Å². The summed E-state index contributed by atoms with van der Waals surface area (Å²) in [6, 6.07) is 43.3. The van der Waals surface area contributed by atoms with Crippen LogP contribution in [0.1, 0.15) is 33.1 Å². The standard InChI is InChI=1S/C41H40N2/c1-5-8-17-32(4)42(36(15-6-2)16-7-3)38-28-24-33(25-29-38)34-26-30-39(31-27-34)43(37-20-10-9-11-21-37)41-23-14-19-35-18-12-13-22-40(35)41/h6,8-15,17-31H,2,4-5,7,16H2,1,3H3. The number of fused-ring (bicyclic) bond motifs is 1. The topological polar surface area (TPSA) is 6.48 Å². The third-order valence-electron chi connectivity index (χ3n) is 7.54. The van der Waals surface area contributed by atoms with Crippen LogP contribution in [0, 0.1) is 0 Å². The van der Waals surface area contributed by atoms with E-state index in [2.05, 4.69) is 176 Å². The average Bonchev–Trinajstić information content (AvgIpc) is 3.05. The van der Waals surface area contributed by atoms with E-state index in [4.69, 9.17) is 0 Å². The molecule has 0 unspecified atom stereocenters. The van der Waals surface area contributed by atoms with Gasteiger partial charge in [0.15, 0.2) is 0 Å². The maximum atomic E-state index is 4.39. The first-order chi connectivity index (χ1) is 21.1. The van der Waals surface area contributed by atoms with Crippen LogP contribution in [0.25, 0.3) is 21.9 Å². The Morgan fingerprint density at radius 1 is 0.674 bits per heavy atom. The summed E-state index contributed by atoms with van der Waals surface area (Å²) in [5.74, 6) is 0. The van der Waals surface area contributed by atoms with E-state index in [0.29, 0.717) is 0 Å². The zero-order chi connectivity index (χ0) is 30.0. The van der Waals surface area contributed by atoms with Gasteiger partial charge in [0.05, 0.1) is 5.69 Å². The van der Waals surface area contributed by atoms with Gasteiger partial charge in [-0.05, 0) is 84.0 Å². The molecular formula is C41H40N2. The first-order valence-corrected chi connectivity index (χ1v) is 15.1. The molecule has 0 amide bonds. The van der Waals surface area contributed by atoms with E-state index in [-0.39, 0.29) is 0 Å². The molecule has 5 aromatic carbocycles. The number of para-hydroxylation sites is 1. The van der Waals surface area contributed by atoms with Crippen molar-refractivity contribution in [2.24, 2.45) is 0 Å². The van der Waals surface area contributed by atoms with Gasteiger partial charge in [0, 0.05) is 33.8 Å². The van der Waals surface area contributed by atoms with Crippen LogP contribution in [-0.2, 0) is 0 Å². The normalized spacial score (nSPS) is 11.5. The van der Waals surface area contributed by atoms with Crippen LogP contribution in [0.4, 0.5) is 22.7 Å². The number of anilines is 4. The van der Waals surface area contributed by atoms with Crippen molar-refractivity contribution in [3.05, 3.63) is 170 Å². The molecule has 0 aromatic heterocycles. The summed E-state index contributed by atoms with van der Waals surface area (Å²) in [4.78, 5) is 4.58. The van der Waals surface area contributed by atoms with Gasteiger partial charge in [-0.2, -0.15) is 0 Å². The van der Waals surface area contributed by atoms with Crippen LogP contribution in [0.2, 0.25) is 0 Å². The Kier molecular flexibility index (Phi) is 9.71. The smallest absolute Gasteiger partial charge is 0.0540 e. The summed E-state index contributed by atoms with van der Waals surface area (Å²) in [7, 11) is 0. The molecule has 0 heterocycles. The van der Waals surface area contributed by atoms with Crippen LogP contribution in [0.5, 0.6) is 0 Å². The predicted octanol–water partition coefficient (Wildman–Crippen LogP) is 12.1. The van der Waals surface area contributed by atoms with Crippen molar-refractivity contribution in [3.8, 4) is 11.1 Å². The average molecular weight is 561 g/mol. The molecule has 0 fully saturated rings. The lowest BCUT2D eigenvalue weighted by Gasteiger charge is -2.28. The summed E-state index contributed by atoms with van der Waals surface area (Å²) in [5.41, 5.74) is 8.99. The Balaban J connectivity index is 1.49. The molecule has 0 saturated carbocycles. The Bertz CT molecular complexity index is 1720. The van der Waals surface area contributed by atoms with Gasteiger partial charge in [-0.3, -0.25) is 0 Å². The molecule has 0 aliphatic carbocycles. The number of benzene rings is 5. The van der Waals surface area contributed by atoms with Crippen LogP contribution in [0.3, 0.4) is 0 Å². The number of nitrogens with zero attached hydrogens (tertiary/aromatic N) is 2. The minimum absolute atomic E-state index is 0.947. The summed E-state index contributed by atoms with van der Waals surface area (Å²) in [6.07, 6.45) is 11.2. The zero-order valence-electron chi connectivity index (χ0n) is 25.3. The Morgan fingerprint density at radius 3 is 1.93 bits per heavy atom. The predicted molar refractivity (Wildman–Crippen MR) is 188 cm³/mol. The highest BCUT2D eigenvalue weighted by Crippen LogP contribution is 2.39. The van der Waals surface area contributed by atoms with Gasteiger partial charge in [-0.25, -0.2) is 0 Å². The van der Waals surface area contributed by atoms with E-state index < -0.39 is 0 Å². The fourth-order valence-electron chi connectivity index (χ4n) is 5.52. The molecule has 5 rings (SSSR count). The monoisotopic (exact) mass is 560 g/mol. The minimum Gasteiger partial charge on any atom is -0.315 e. The molecule has 0 N–H and O–H groups in total. The van der Waals surface area contributed by atoms with Crippen molar-refractivity contribution < 1.29 is 0 Å². The van der Waals surface area contributed by atoms with Crippen LogP contribution < -0.4 is 9.80 Å². The van der Waals surface area contributed by atoms with Gasteiger partial charge in [0.25, 0.3) is 0 Å². The maximum absolute atomic E-state index is 4.39. The summed E-state index contributed by atoms with van der Waals surface area (Å²) >= 11 is 0. The lowest BCUT2D eigenvalue weighted by molar-refractivity contribution is 0.865. The largest absolute Gasteiger partial charge is 0.315 e. The van der Waals surface area contributed by atoms with E-state index in [9.17, 15) is 0 Å². The van der Waals surface area contributed by atoms with Gasteiger partial charge in [-0.1, -0.05) is 124 Å². The summed E-state index contributed by atoms with van der Waals surface area (Å²) < 4.78 is 0. The van der Waals surface area contributed by atoms with Crippen LogP contribution in [0.15, 0.2) is 170 Å². The van der Waals surface area contributed by atoms with Gasteiger partial charge < -0.3 is 9.80 Å². The number of rotatable bonds is 12. The van der Waals surface area contributed by atoms with E-state index in [1.807, 2.05) is 6.08 Å². The SMILES string of the molecule is C=CC=C(CCC)N(C(=C)C=CCC)c1ccc(-c2ccc(N(c3ccccc3)c3cccc4ccccc34)cc2)cc1. The number of allylic oxidation sites excluding steroid dienone is 5. The van der Waals surface area contributed by atoms with Crippen molar-refractivity contribution in [3.63, 3.8) is 0 Å². The molecule has 2 nitrogen and oxygen atoms in total. The molecular weight excluding hydrogens is 520 g/mol. The Morgan fingerprint density at radius 2 is 1.28 bits per heavy atom. The molecule has 0 saturated heterocycles. The van der Waals surface area contributed by atoms with E-state index in [1.165, 1.54) is 27.6 Å². The van der Waals surface area contributed by atoms with Crippen molar-refractivity contribution in [1.82, 2.24) is 0 Å². The summed E-state index contributed by atoms with van der Waals surface area (Å²) in [6.45, 7) is 12.7. The Hall–Kier alpha value is -5.08. The molecule has 43 heavy (non-hydrogen) atoms. The van der Waals surface area contributed by atoms with Gasteiger partial charge in [0.1, 0.15) is 0 Å². The van der Waals surface area contributed by atoms with E-state index in [1.54, 1.807) is 0 Å². The fourth-order valence-corrected chi connectivity index (χ4v) is 5.52. The molecule has 0 spiro atoms. The number of hydrogen-bond donors (Lipinski definition) is 0. The Labute approximate surface area is 257 Å². The molecule has 0 atom stereocenters. The molecule has 5 aromatic rings. The molecule has 2 heteroatoms. The third-order valence-corrected chi connectivity index (χ3v) is 7.54. The second-order valence-electron chi connectivity index (χ2n) is 10.5. The molecule has 0 bridgehead atoms. The quantitative estimate of drug-likeness (QED) is 0.140. The molecule has 214 valence electrons.